The van der Waals surface area contributed by atoms with E-state index in [1.54, 1.807) is 30.3 Å². The van der Waals surface area contributed by atoms with Gasteiger partial charge in [0, 0.05) is 17.5 Å². The first kappa shape index (κ1) is 15.8. The molecule has 0 atom stereocenters. The second-order valence-electron chi connectivity index (χ2n) is 5.48. The van der Waals surface area contributed by atoms with Crippen LogP contribution < -0.4 is 15.1 Å². The number of hydrogen-bond donors (Lipinski definition) is 0. The molecule has 0 aliphatic carbocycles. The van der Waals surface area contributed by atoms with E-state index in [0.717, 1.165) is 16.5 Å². The maximum absolute atomic E-state index is 11.8. The quantitative estimate of drug-likeness (QED) is 0.418. The van der Waals surface area contributed by atoms with Crippen molar-refractivity contribution in [1.29, 1.82) is 0 Å². The number of hydrogen-bond acceptors (Lipinski definition) is 5. The molecule has 1 aromatic heterocycles. The highest BCUT2D eigenvalue weighted by Crippen LogP contribution is 2.22. The van der Waals surface area contributed by atoms with Crippen LogP contribution in [-0.4, -0.2) is 12.6 Å². The topological polar surface area (TPSA) is 65.7 Å². The standard InChI is InChI=1S/C19H16O5/c1-12-3-5-14(6-4-12)23-19(21)11-22-15-7-8-16-13(2)9-18(20)24-17(16)10-15/h3-10H,11H2,1-2H3. The first-order valence-corrected chi connectivity index (χ1v) is 7.46. The molecule has 0 saturated carbocycles. The molecule has 24 heavy (non-hydrogen) atoms. The van der Waals surface area contributed by atoms with Gasteiger partial charge in [-0.2, -0.15) is 0 Å². The van der Waals surface area contributed by atoms with Gasteiger partial charge in [0.1, 0.15) is 17.1 Å². The predicted molar refractivity (Wildman–Crippen MR) is 89.5 cm³/mol. The van der Waals surface area contributed by atoms with Gasteiger partial charge < -0.3 is 13.9 Å². The van der Waals surface area contributed by atoms with E-state index in [0.29, 0.717) is 17.1 Å². The van der Waals surface area contributed by atoms with Crippen molar-refractivity contribution in [2.45, 2.75) is 13.8 Å². The Balaban J connectivity index is 1.67. The minimum absolute atomic E-state index is 0.241. The fraction of sp³-hybridized carbons (Fsp3) is 0.158. The van der Waals surface area contributed by atoms with E-state index in [9.17, 15) is 9.59 Å². The second kappa shape index (κ2) is 6.58. The van der Waals surface area contributed by atoms with Gasteiger partial charge >= 0.3 is 11.6 Å². The fourth-order valence-electron chi connectivity index (χ4n) is 2.30. The molecule has 0 aliphatic heterocycles. The predicted octanol–water partition coefficient (Wildman–Crippen LogP) is 3.39. The third-order valence-corrected chi connectivity index (χ3v) is 3.53. The minimum atomic E-state index is -0.510. The van der Waals surface area contributed by atoms with Crippen LogP contribution in [0.3, 0.4) is 0 Å². The summed E-state index contributed by atoms with van der Waals surface area (Å²) in [6.07, 6.45) is 0. The molecule has 0 aliphatic rings. The van der Waals surface area contributed by atoms with Gasteiger partial charge in [0.25, 0.3) is 0 Å². The normalized spacial score (nSPS) is 10.6. The molecule has 0 radical (unpaired) electrons. The Bertz CT molecular complexity index is 938. The molecule has 0 saturated heterocycles. The van der Waals surface area contributed by atoms with Crippen LogP contribution in [0, 0.1) is 13.8 Å². The molecule has 2 aromatic carbocycles. The molecule has 0 unspecified atom stereocenters. The summed E-state index contributed by atoms with van der Waals surface area (Å²) in [7, 11) is 0. The van der Waals surface area contributed by atoms with Crippen LogP contribution >= 0.6 is 0 Å². The lowest BCUT2D eigenvalue weighted by molar-refractivity contribution is -0.136. The van der Waals surface area contributed by atoms with Crippen LogP contribution in [0.1, 0.15) is 11.1 Å². The van der Waals surface area contributed by atoms with E-state index in [1.807, 2.05) is 26.0 Å². The molecule has 0 fully saturated rings. The number of esters is 1. The van der Waals surface area contributed by atoms with Gasteiger partial charge in [0.2, 0.25) is 0 Å². The third kappa shape index (κ3) is 3.63. The van der Waals surface area contributed by atoms with Crippen LogP contribution in [0.2, 0.25) is 0 Å². The van der Waals surface area contributed by atoms with E-state index < -0.39 is 11.6 Å². The van der Waals surface area contributed by atoms with Gasteiger partial charge in [-0.3, -0.25) is 0 Å². The highest BCUT2D eigenvalue weighted by atomic mass is 16.6. The van der Waals surface area contributed by atoms with Gasteiger partial charge in [-0.1, -0.05) is 17.7 Å². The maximum Gasteiger partial charge on any atom is 0.349 e. The average Bonchev–Trinajstić information content (AvgIpc) is 2.54. The number of rotatable bonds is 4. The average molecular weight is 324 g/mol. The molecule has 0 amide bonds. The molecular weight excluding hydrogens is 308 g/mol. The third-order valence-electron chi connectivity index (χ3n) is 3.53. The second-order valence-corrected chi connectivity index (χ2v) is 5.48. The highest BCUT2D eigenvalue weighted by Gasteiger charge is 2.08. The summed E-state index contributed by atoms with van der Waals surface area (Å²) in [5.74, 6) is 0.385. The van der Waals surface area contributed by atoms with Crippen molar-refractivity contribution < 1.29 is 18.7 Å². The molecule has 3 aromatic rings. The van der Waals surface area contributed by atoms with Crippen molar-refractivity contribution in [1.82, 2.24) is 0 Å². The summed E-state index contributed by atoms with van der Waals surface area (Å²) < 4.78 is 15.7. The molecule has 5 heteroatoms. The monoisotopic (exact) mass is 324 g/mol. The molecule has 0 bridgehead atoms. The molecule has 122 valence electrons. The zero-order valence-corrected chi connectivity index (χ0v) is 13.4. The zero-order valence-electron chi connectivity index (χ0n) is 13.4. The summed E-state index contributed by atoms with van der Waals surface area (Å²) in [6.45, 7) is 3.54. The first-order chi connectivity index (χ1) is 11.5. The van der Waals surface area contributed by atoms with Crippen LogP contribution in [0.5, 0.6) is 11.5 Å². The Labute approximate surface area is 138 Å². The van der Waals surface area contributed by atoms with Gasteiger partial charge in [-0.05, 0) is 43.7 Å². The van der Waals surface area contributed by atoms with E-state index in [2.05, 4.69) is 0 Å². The highest BCUT2D eigenvalue weighted by molar-refractivity contribution is 5.81. The molecule has 0 spiro atoms. The van der Waals surface area contributed by atoms with Crippen LogP contribution in [0.15, 0.2) is 57.7 Å². The number of benzene rings is 2. The van der Waals surface area contributed by atoms with E-state index in [4.69, 9.17) is 13.9 Å². The Morgan fingerprint density at radius 1 is 1.00 bits per heavy atom. The minimum Gasteiger partial charge on any atom is -0.482 e. The van der Waals surface area contributed by atoms with Crippen molar-refractivity contribution in [3.05, 3.63) is 70.1 Å². The lowest BCUT2D eigenvalue weighted by Crippen LogP contribution is -2.17. The Hall–Kier alpha value is -3.08. The maximum atomic E-state index is 11.8. The van der Waals surface area contributed by atoms with Gasteiger partial charge in [0.15, 0.2) is 6.61 Å². The van der Waals surface area contributed by atoms with Crippen LogP contribution in [0.4, 0.5) is 0 Å². The molecule has 3 rings (SSSR count). The summed E-state index contributed by atoms with van der Waals surface area (Å²) >= 11 is 0. The lowest BCUT2D eigenvalue weighted by atomic mass is 10.1. The number of carbonyl (C=O) groups excluding carboxylic acids is 1. The van der Waals surface area contributed by atoms with Crippen LogP contribution in [-0.2, 0) is 4.79 Å². The van der Waals surface area contributed by atoms with E-state index >= 15 is 0 Å². The van der Waals surface area contributed by atoms with Crippen molar-refractivity contribution in [2.75, 3.05) is 6.61 Å². The SMILES string of the molecule is Cc1ccc(OC(=O)COc2ccc3c(C)cc(=O)oc3c2)cc1. The van der Waals surface area contributed by atoms with Crippen molar-refractivity contribution in [3.63, 3.8) is 0 Å². The smallest absolute Gasteiger partial charge is 0.349 e. The van der Waals surface area contributed by atoms with Crippen molar-refractivity contribution in [3.8, 4) is 11.5 Å². The fourth-order valence-corrected chi connectivity index (χ4v) is 2.30. The van der Waals surface area contributed by atoms with Crippen LogP contribution in [0.25, 0.3) is 11.0 Å². The molecular formula is C19H16O5. The van der Waals surface area contributed by atoms with Crippen molar-refractivity contribution >= 4 is 16.9 Å². The summed E-state index contributed by atoms with van der Waals surface area (Å²) in [6, 6.07) is 13.7. The van der Waals surface area contributed by atoms with Gasteiger partial charge in [-0.15, -0.1) is 0 Å². The van der Waals surface area contributed by atoms with Gasteiger partial charge in [-0.25, -0.2) is 9.59 Å². The van der Waals surface area contributed by atoms with Crippen molar-refractivity contribution in [2.24, 2.45) is 0 Å². The number of ether oxygens (including phenoxy) is 2. The van der Waals surface area contributed by atoms with Gasteiger partial charge in [0.05, 0.1) is 0 Å². The molecule has 0 N–H and O–H groups in total. The molecule has 5 nitrogen and oxygen atoms in total. The summed E-state index contributed by atoms with van der Waals surface area (Å²) in [4.78, 5) is 23.2. The number of carbonyl (C=O) groups is 1. The first-order valence-electron chi connectivity index (χ1n) is 7.46. The van der Waals surface area contributed by atoms with E-state index in [1.165, 1.54) is 6.07 Å². The number of aryl methyl sites for hydroxylation is 2. The largest absolute Gasteiger partial charge is 0.482 e. The Morgan fingerprint density at radius 2 is 1.71 bits per heavy atom. The summed E-state index contributed by atoms with van der Waals surface area (Å²) in [5, 5.41) is 0.823. The lowest BCUT2D eigenvalue weighted by Gasteiger charge is -2.08. The van der Waals surface area contributed by atoms with E-state index in [-0.39, 0.29) is 6.61 Å². The summed E-state index contributed by atoms with van der Waals surface area (Å²) in [5.41, 5.74) is 1.91. The molecule has 1 heterocycles. The Morgan fingerprint density at radius 3 is 2.46 bits per heavy atom. The number of fused-ring (bicyclic) bond motifs is 1. The zero-order chi connectivity index (χ0) is 17.1. The Kier molecular flexibility index (Phi) is 4.33.